The molecule has 0 aromatic carbocycles. The minimum Gasteiger partial charge on any atom is -0.472 e. The predicted octanol–water partition coefficient (Wildman–Crippen LogP) is 1.08. The summed E-state index contributed by atoms with van der Waals surface area (Å²) >= 11 is 0. The average molecular weight is 218 g/mol. The lowest BCUT2D eigenvalue weighted by atomic mass is 10.1. The van der Waals surface area contributed by atoms with Crippen molar-refractivity contribution in [2.24, 2.45) is 5.92 Å². The van der Waals surface area contributed by atoms with E-state index in [1.54, 1.807) is 6.20 Å². The van der Waals surface area contributed by atoms with Gasteiger partial charge in [0.2, 0.25) is 12.3 Å². The fourth-order valence-electron chi connectivity index (χ4n) is 2.83. The van der Waals surface area contributed by atoms with Crippen LogP contribution in [-0.4, -0.2) is 35.0 Å². The van der Waals surface area contributed by atoms with Gasteiger partial charge in [0.15, 0.2) is 0 Å². The van der Waals surface area contributed by atoms with Crippen molar-refractivity contribution < 1.29 is 9.53 Å². The number of fused-ring (bicyclic) bond motifs is 2. The van der Waals surface area contributed by atoms with Crippen molar-refractivity contribution in [1.82, 2.24) is 9.88 Å². The summed E-state index contributed by atoms with van der Waals surface area (Å²) in [4.78, 5) is 16.9. The minimum atomic E-state index is 0.124. The zero-order chi connectivity index (χ0) is 11.0. The first-order chi connectivity index (χ1) is 7.86. The van der Waals surface area contributed by atoms with Crippen molar-refractivity contribution in [3.05, 3.63) is 24.4 Å². The fourth-order valence-corrected chi connectivity index (χ4v) is 2.83. The number of carbonyl (C=O) groups is 1. The minimum absolute atomic E-state index is 0.124. The molecular weight excluding hydrogens is 204 g/mol. The van der Waals surface area contributed by atoms with Crippen LogP contribution in [0.2, 0.25) is 0 Å². The fraction of sp³-hybridized carbons (Fsp3) is 0.500. The highest BCUT2D eigenvalue weighted by Gasteiger charge is 2.45. The maximum atomic E-state index is 10.8. The Morgan fingerprint density at radius 1 is 1.44 bits per heavy atom. The van der Waals surface area contributed by atoms with E-state index in [0.29, 0.717) is 11.8 Å². The van der Waals surface area contributed by atoms with Crippen molar-refractivity contribution in [3.63, 3.8) is 0 Å². The molecule has 1 amide bonds. The number of ether oxygens (including phenoxy) is 1. The molecule has 1 aromatic heterocycles. The molecule has 1 aliphatic carbocycles. The van der Waals surface area contributed by atoms with Gasteiger partial charge in [-0.1, -0.05) is 6.07 Å². The van der Waals surface area contributed by atoms with Gasteiger partial charge < -0.3 is 9.64 Å². The Morgan fingerprint density at radius 3 is 3.06 bits per heavy atom. The zero-order valence-electron chi connectivity index (χ0n) is 8.95. The number of piperidine rings is 1. The van der Waals surface area contributed by atoms with Gasteiger partial charge in [-0.2, -0.15) is 0 Å². The largest absolute Gasteiger partial charge is 0.472 e. The van der Waals surface area contributed by atoms with Gasteiger partial charge in [0.05, 0.1) is 6.04 Å². The Bertz CT molecular complexity index is 382. The van der Waals surface area contributed by atoms with Gasteiger partial charge in [0, 0.05) is 18.8 Å². The van der Waals surface area contributed by atoms with Crippen LogP contribution in [0.25, 0.3) is 0 Å². The summed E-state index contributed by atoms with van der Waals surface area (Å²) in [5, 5.41) is 0. The van der Waals surface area contributed by atoms with Crippen LogP contribution < -0.4 is 4.74 Å². The molecule has 16 heavy (non-hydrogen) atoms. The maximum absolute atomic E-state index is 10.8. The molecule has 84 valence electrons. The van der Waals surface area contributed by atoms with Gasteiger partial charge in [-0.05, 0) is 24.8 Å². The normalized spacial score (nSPS) is 31.8. The van der Waals surface area contributed by atoms with E-state index in [1.807, 2.05) is 23.1 Å². The maximum Gasteiger partial charge on any atom is 0.213 e. The van der Waals surface area contributed by atoms with Gasteiger partial charge >= 0.3 is 0 Å². The zero-order valence-corrected chi connectivity index (χ0v) is 8.95. The van der Waals surface area contributed by atoms with E-state index in [4.69, 9.17) is 4.74 Å². The number of likely N-dealkylation sites (tertiary alicyclic amines) is 1. The first-order valence-corrected chi connectivity index (χ1v) is 5.65. The SMILES string of the molecule is O=CN1C[C@H]2C[C@@H](Oc3ccccn3)[C@@H]1C2. The lowest BCUT2D eigenvalue weighted by molar-refractivity contribution is -0.121. The third-order valence-corrected chi connectivity index (χ3v) is 3.51. The molecule has 4 heteroatoms. The van der Waals surface area contributed by atoms with Gasteiger partial charge in [0.25, 0.3) is 0 Å². The molecule has 0 N–H and O–H groups in total. The molecule has 1 saturated heterocycles. The molecular formula is C12H14N2O2. The lowest BCUT2D eigenvalue weighted by Crippen LogP contribution is -2.43. The van der Waals surface area contributed by atoms with Crippen LogP contribution in [-0.2, 0) is 4.79 Å². The van der Waals surface area contributed by atoms with E-state index >= 15 is 0 Å². The molecule has 2 bridgehead atoms. The summed E-state index contributed by atoms with van der Waals surface area (Å²) in [6, 6.07) is 5.89. The quantitative estimate of drug-likeness (QED) is 0.713. The number of aromatic nitrogens is 1. The summed E-state index contributed by atoms with van der Waals surface area (Å²) < 4.78 is 5.83. The molecule has 1 saturated carbocycles. The monoisotopic (exact) mass is 218 g/mol. The van der Waals surface area contributed by atoms with Crippen molar-refractivity contribution in [1.29, 1.82) is 0 Å². The second-order valence-electron chi connectivity index (χ2n) is 4.53. The van der Waals surface area contributed by atoms with E-state index in [1.165, 1.54) is 0 Å². The molecule has 4 nitrogen and oxygen atoms in total. The molecule has 0 radical (unpaired) electrons. The second kappa shape index (κ2) is 3.77. The molecule has 0 spiro atoms. The van der Waals surface area contributed by atoms with Crippen molar-refractivity contribution in [3.8, 4) is 5.88 Å². The van der Waals surface area contributed by atoms with E-state index in [0.717, 1.165) is 25.8 Å². The van der Waals surface area contributed by atoms with Crippen LogP contribution in [0.1, 0.15) is 12.8 Å². The predicted molar refractivity (Wildman–Crippen MR) is 57.9 cm³/mol. The number of pyridine rings is 1. The van der Waals surface area contributed by atoms with Crippen molar-refractivity contribution in [2.45, 2.75) is 25.0 Å². The summed E-state index contributed by atoms with van der Waals surface area (Å²) in [6.45, 7) is 0.899. The Kier molecular flexibility index (Phi) is 2.27. The van der Waals surface area contributed by atoms with Crippen LogP contribution in [0.3, 0.4) is 0 Å². The number of hydrogen-bond acceptors (Lipinski definition) is 3. The van der Waals surface area contributed by atoms with Crippen molar-refractivity contribution >= 4 is 6.41 Å². The summed E-state index contributed by atoms with van der Waals surface area (Å²) in [5.41, 5.74) is 0. The molecule has 1 aromatic rings. The van der Waals surface area contributed by atoms with Crippen LogP contribution in [0, 0.1) is 5.92 Å². The van der Waals surface area contributed by atoms with E-state index < -0.39 is 0 Å². The Morgan fingerprint density at radius 2 is 2.38 bits per heavy atom. The topological polar surface area (TPSA) is 42.4 Å². The molecule has 3 atom stereocenters. The van der Waals surface area contributed by atoms with Crippen LogP contribution >= 0.6 is 0 Å². The van der Waals surface area contributed by atoms with Crippen LogP contribution in [0.5, 0.6) is 5.88 Å². The summed E-state index contributed by atoms with van der Waals surface area (Å²) in [7, 11) is 0. The highest BCUT2D eigenvalue weighted by Crippen LogP contribution is 2.38. The van der Waals surface area contributed by atoms with E-state index in [-0.39, 0.29) is 12.1 Å². The molecule has 1 aliphatic heterocycles. The molecule has 2 fully saturated rings. The number of nitrogens with zero attached hydrogens (tertiary/aromatic N) is 2. The second-order valence-corrected chi connectivity index (χ2v) is 4.53. The van der Waals surface area contributed by atoms with Gasteiger partial charge in [-0.25, -0.2) is 4.98 Å². The first kappa shape index (κ1) is 9.63. The molecule has 3 rings (SSSR count). The Balaban J connectivity index is 1.71. The number of rotatable bonds is 3. The third kappa shape index (κ3) is 1.54. The van der Waals surface area contributed by atoms with E-state index in [2.05, 4.69) is 4.98 Å². The van der Waals surface area contributed by atoms with Gasteiger partial charge in [-0.3, -0.25) is 4.79 Å². The van der Waals surface area contributed by atoms with Gasteiger partial charge in [0.1, 0.15) is 6.10 Å². The standard InChI is InChI=1S/C12H14N2O2/c15-8-14-7-9-5-10(14)11(6-9)16-12-3-1-2-4-13-12/h1-4,8-11H,5-7H2/t9-,10+,11-/m1/s1. The molecule has 2 heterocycles. The Hall–Kier alpha value is -1.58. The number of amides is 1. The number of hydrogen-bond donors (Lipinski definition) is 0. The highest BCUT2D eigenvalue weighted by atomic mass is 16.5. The summed E-state index contributed by atoms with van der Waals surface area (Å²) in [6.07, 6.45) is 4.92. The highest BCUT2D eigenvalue weighted by molar-refractivity contribution is 5.49. The number of carbonyl (C=O) groups excluding carboxylic acids is 1. The molecule has 0 unspecified atom stereocenters. The lowest BCUT2D eigenvalue weighted by Gasteiger charge is -2.30. The van der Waals surface area contributed by atoms with Gasteiger partial charge in [-0.15, -0.1) is 0 Å². The average Bonchev–Trinajstić information content (AvgIpc) is 2.89. The van der Waals surface area contributed by atoms with Crippen molar-refractivity contribution in [2.75, 3.05) is 6.54 Å². The first-order valence-electron chi connectivity index (χ1n) is 5.65. The van der Waals surface area contributed by atoms with Crippen LogP contribution in [0.4, 0.5) is 0 Å². The van der Waals surface area contributed by atoms with Crippen LogP contribution in [0.15, 0.2) is 24.4 Å². The third-order valence-electron chi connectivity index (χ3n) is 3.51. The summed E-state index contributed by atoms with van der Waals surface area (Å²) in [5.74, 6) is 1.27. The molecule has 2 aliphatic rings. The smallest absolute Gasteiger partial charge is 0.213 e. The van der Waals surface area contributed by atoms with E-state index in [9.17, 15) is 4.79 Å². The Labute approximate surface area is 94.2 Å².